The van der Waals surface area contributed by atoms with Gasteiger partial charge in [-0.2, -0.15) is 0 Å². The van der Waals surface area contributed by atoms with Gasteiger partial charge in [0.2, 0.25) is 11.8 Å². The molecule has 1 aliphatic heterocycles. The van der Waals surface area contributed by atoms with Crippen molar-refractivity contribution in [3.05, 3.63) is 24.4 Å². The third-order valence-corrected chi connectivity index (χ3v) is 5.56. The van der Waals surface area contributed by atoms with Gasteiger partial charge in [0.1, 0.15) is 12.1 Å². The van der Waals surface area contributed by atoms with E-state index in [-0.39, 0.29) is 24.1 Å². The van der Waals surface area contributed by atoms with Crippen LogP contribution in [0.15, 0.2) is 24.4 Å². The van der Waals surface area contributed by atoms with Gasteiger partial charge in [0.25, 0.3) is 5.91 Å². The number of hydrogen-bond acceptors (Lipinski definition) is 6. The maximum Gasteiger partial charge on any atom is 0.329 e. The highest BCUT2D eigenvalue weighted by molar-refractivity contribution is 5.93. The molecule has 3 amide bonds. The zero-order valence-electron chi connectivity index (χ0n) is 20.6. The molecule has 5 atom stereocenters. The first kappa shape index (κ1) is 28.4. The molecule has 1 rings (SSSR count). The molecule has 0 radical (unpaired) electrons. The summed E-state index contributed by atoms with van der Waals surface area (Å²) in [5, 5.41) is 7.63. The Balaban J connectivity index is 3.33. The van der Waals surface area contributed by atoms with Gasteiger partial charge in [0, 0.05) is 18.9 Å². The first-order chi connectivity index (χ1) is 15.5. The van der Waals surface area contributed by atoms with Crippen molar-refractivity contribution in [3.8, 4) is 0 Å². The fourth-order valence-electron chi connectivity index (χ4n) is 3.85. The standard InChI is InChI=1S/C24H39N3O6/c1-8-9-15(4)12-16(5)21-22(32-7)23(30)26-17(6)10-11-18(28)25-13-19(29)27-20(14(2)3)24(31)33-21/h10-11,14-16,20-22H,6,8-9,12-13H2,1-5,7H3,(H,25,28)(H,26,30)(H,27,29)/b11-10+/t15-,16+,20-,21-,22-/m0/s1. The minimum Gasteiger partial charge on any atom is -0.457 e. The van der Waals surface area contributed by atoms with Gasteiger partial charge in [0.05, 0.1) is 6.54 Å². The smallest absolute Gasteiger partial charge is 0.329 e. The number of esters is 1. The van der Waals surface area contributed by atoms with Crippen LogP contribution in [0, 0.1) is 17.8 Å². The highest BCUT2D eigenvalue weighted by Gasteiger charge is 2.38. The molecular weight excluding hydrogens is 426 g/mol. The molecule has 0 aromatic carbocycles. The Morgan fingerprint density at radius 1 is 1.15 bits per heavy atom. The summed E-state index contributed by atoms with van der Waals surface area (Å²) in [5.41, 5.74) is 0.161. The van der Waals surface area contributed by atoms with Crippen molar-refractivity contribution in [2.24, 2.45) is 17.8 Å². The molecule has 0 aliphatic carbocycles. The van der Waals surface area contributed by atoms with E-state index in [9.17, 15) is 19.2 Å². The molecule has 0 aromatic heterocycles. The van der Waals surface area contributed by atoms with E-state index in [1.807, 2.05) is 6.92 Å². The molecule has 0 bridgehead atoms. The lowest BCUT2D eigenvalue weighted by Gasteiger charge is -2.33. The predicted octanol–water partition coefficient (Wildman–Crippen LogP) is 1.83. The van der Waals surface area contributed by atoms with E-state index >= 15 is 0 Å². The van der Waals surface area contributed by atoms with Crippen LogP contribution < -0.4 is 16.0 Å². The maximum atomic E-state index is 13.1. The highest BCUT2D eigenvalue weighted by Crippen LogP contribution is 2.25. The van der Waals surface area contributed by atoms with Crippen molar-refractivity contribution in [2.75, 3.05) is 13.7 Å². The number of allylic oxidation sites excluding steroid dienone is 1. The molecule has 3 N–H and O–H groups in total. The predicted molar refractivity (Wildman–Crippen MR) is 125 cm³/mol. The Labute approximate surface area is 196 Å². The second-order valence-corrected chi connectivity index (χ2v) is 9.02. The van der Waals surface area contributed by atoms with Crippen molar-refractivity contribution < 1.29 is 28.7 Å². The third-order valence-electron chi connectivity index (χ3n) is 5.56. The van der Waals surface area contributed by atoms with Gasteiger partial charge in [-0.1, -0.05) is 54.0 Å². The van der Waals surface area contributed by atoms with Crippen molar-refractivity contribution in [3.63, 3.8) is 0 Å². The fourth-order valence-corrected chi connectivity index (χ4v) is 3.85. The first-order valence-electron chi connectivity index (χ1n) is 11.5. The fraction of sp³-hybridized carbons (Fsp3) is 0.667. The molecule has 9 nitrogen and oxygen atoms in total. The minimum absolute atomic E-state index is 0.161. The van der Waals surface area contributed by atoms with Crippen molar-refractivity contribution in [1.29, 1.82) is 0 Å². The third kappa shape index (κ3) is 9.37. The molecule has 1 aliphatic rings. The number of methoxy groups -OCH3 is 1. The number of nitrogens with one attached hydrogen (secondary N) is 3. The van der Waals surface area contributed by atoms with Crippen LogP contribution in [-0.4, -0.2) is 55.6 Å². The molecule has 0 saturated heterocycles. The van der Waals surface area contributed by atoms with Gasteiger partial charge in [-0.05, 0) is 30.3 Å². The molecule has 0 unspecified atom stereocenters. The van der Waals surface area contributed by atoms with Crippen LogP contribution in [0.3, 0.4) is 0 Å². The Hall–Kier alpha value is -2.68. The zero-order valence-corrected chi connectivity index (χ0v) is 20.6. The summed E-state index contributed by atoms with van der Waals surface area (Å²) in [5.74, 6) is -2.39. The number of amides is 3. The normalized spacial score (nSPS) is 26.3. The summed E-state index contributed by atoms with van der Waals surface area (Å²) in [6, 6.07) is -0.951. The van der Waals surface area contributed by atoms with E-state index < -0.39 is 41.9 Å². The van der Waals surface area contributed by atoms with Crippen molar-refractivity contribution in [2.45, 2.75) is 72.1 Å². The van der Waals surface area contributed by atoms with Crippen LogP contribution in [0.25, 0.3) is 0 Å². The van der Waals surface area contributed by atoms with Crippen LogP contribution in [0.1, 0.15) is 53.9 Å². The van der Waals surface area contributed by atoms with E-state index in [0.29, 0.717) is 5.92 Å². The Bertz CT molecular complexity index is 748. The van der Waals surface area contributed by atoms with E-state index in [2.05, 4.69) is 36.4 Å². The number of carbonyl (C=O) groups is 4. The van der Waals surface area contributed by atoms with Gasteiger partial charge in [-0.25, -0.2) is 4.79 Å². The molecule has 33 heavy (non-hydrogen) atoms. The molecule has 0 fully saturated rings. The summed E-state index contributed by atoms with van der Waals surface area (Å²) in [7, 11) is 1.37. The summed E-state index contributed by atoms with van der Waals surface area (Å²) in [6.45, 7) is 13.1. The topological polar surface area (TPSA) is 123 Å². The number of carbonyl (C=O) groups excluding carboxylic acids is 4. The Kier molecular flexibility index (Phi) is 11.8. The van der Waals surface area contributed by atoms with Gasteiger partial charge >= 0.3 is 5.97 Å². The van der Waals surface area contributed by atoms with Gasteiger partial charge in [-0.3, -0.25) is 14.4 Å². The second-order valence-electron chi connectivity index (χ2n) is 9.02. The molecular formula is C24H39N3O6. The van der Waals surface area contributed by atoms with E-state index in [4.69, 9.17) is 9.47 Å². The minimum atomic E-state index is -1.11. The monoisotopic (exact) mass is 465 g/mol. The lowest BCUT2D eigenvalue weighted by molar-refractivity contribution is -0.169. The quantitative estimate of drug-likeness (QED) is 0.493. The number of ether oxygens (including phenoxy) is 2. The summed E-state index contributed by atoms with van der Waals surface area (Å²) >= 11 is 0. The van der Waals surface area contributed by atoms with Gasteiger partial charge in [0.15, 0.2) is 6.10 Å². The number of cyclic esters (lactones) is 1. The van der Waals surface area contributed by atoms with E-state index in [1.54, 1.807) is 13.8 Å². The molecule has 0 aromatic rings. The second kappa shape index (κ2) is 13.8. The molecule has 0 saturated carbocycles. The average molecular weight is 466 g/mol. The molecule has 186 valence electrons. The van der Waals surface area contributed by atoms with Crippen LogP contribution in [0.2, 0.25) is 0 Å². The average Bonchev–Trinajstić information content (AvgIpc) is 2.73. The zero-order chi connectivity index (χ0) is 25.1. The number of rotatable bonds is 7. The Morgan fingerprint density at radius 2 is 1.82 bits per heavy atom. The van der Waals surface area contributed by atoms with Gasteiger partial charge in [-0.15, -0.1) is 0 Å². The molecule has 1 heterocycles. The van der Waals surface area contributed by atoms with E-state index in [0.717, 1.165) is 25.3 Å². The summed E-state index contributed by atoms with van der Waals surface area (Å²) in [6.07, 6.45) is 3.23. The SMILES string of the molecule is C=C1/C=C/C(=O)NCC(=O)N[C@@H](C(C)C)C(=O)O[C@@H]([C@H](C)C[C@@H](C)CCC)[C@H](OC)C(=O)N1. The van der Waals surface area contributed by atoms with E-state index in [1.165, 1.54) is 13.2 Å². The largest absolute Gasteiger partial charge is 0.457 e. The van der Waals surface area contributed by atoms with Crippen LogP contribution in [0.4, 0.5) is 0 Å². The van der Waals surface area contributed by atoms with Crippen LogP contribution >= 0.6 is 0 Å². The highest BCUT2D eigenvalue weighted by atomic mass is 16.6. The summed E-state index contributed by atoms with van der Waals surface area (Å²) < 4.78 is 11.3. The number of hydrogen-bond donors (Lipinski definition) is 3. The van der Waals surface area contributed by atoms with Crippen LogP contribution in [-0.2, 0) is 28.7 Å². The molecule has 0 spiro atoms. The van der Waals surface area contributed by atoms with Crippen molar-refractivity contribution >= 4 is 23.7 Å². The summed E-state index contributed by atoms with van der Waals surface area (Å²) in [4.78, 5) is 50.4. The Morgan fingerprint density at radius 3 is 2.39 bits per heavy atom. The first-order valence-corrected chi connectivity index (χ1v) is 11.5. The lowest BCUT2D eigenvalue weighted by Crippen LogP contribution is -2.53. The lowest BCUT2D eigenvalue weighted by atomic mass is 9.87. The van der Waals surface area contributed by atoms with Crippen LogP contribution in [0.5, 0.6) is 0 Å². The maximum absolute atomic E-state index is 13.1. The van der Waals surface area contributed by atoms with Crippen molar-refractivity contribution in [1.82, 2.24) is 16.0 Å². The molecule has 9 heteroatoms. The van der Waals surface area contributed by atoms with Gasteiger partial charge < -0.3 is 25.4 Å².